The Kier molecular flexibility index (Phi) is 4.62. The van der Waals surface area contributed by atoms with E-state index in [0.717, 1.165) is 0 Å². The van der Waals surface area contributed by atoms with E-state index in [4.69, 9.17) is 11.6 Å². The molecule has 0 spiro atoms. The lowest BCUT2D eigenvalue weighted by atomic mass is 10.1. The Balaban J connectivity index is 2.23. The predicted molar refractivity (Wildman–Crippen MR) is 82.4 cm³/mol. The van der Waals surface area contributed by atoms with Crippen molar-refractivity contribution in [3.8, 4) is 0 Å². The number of halogens is 1. The first kappa shape index (κ1) is 16.7. The number of fused-ring (bicyclic) bond motifs is 1. The van der Waals surface area contributed by atoms with Crippen molar-refractivity contribution in [3.05, 3.63) is 16.7 Å². The van der Waals surface area contributed by atoms with Crippen molar-refractivity contribution in [2.75, 3.05) is 27.2 Å². The van der Waals surface area contributed by atoms with E-state index in [2.05, 4.69) is 9.71 Å². The molecule has 0 saturated heterocycles. The first-order valence-electron chi connectivity index (χ1n) is 6.10. The molecule has 0 aromatic carbocycles. The Hall–Kier alpha value is -0.710. The Morgan fingerprint density at radius 2 is 2.24 bits per heavy atom. The van der Waals surface area contributed by atoms with Gasteiger partial charge in [0.05, 0.1) is 5.60 Å². The zero-order chi connectivity index (χ0) is 15.8. The third-order valence-corrected chi connectivity index (χ3v) is 5.29. The second kappa shape index (κ2) is 5.82. The third-order valence-electron chi connectivity index (χ3n) is 2.73. The van der Waals surface area contributed by atoms with Gasteiger partial charge in [0.15, 0.2) is 15.1 Å². The highest BCUT2D eigenvalue weighted by Crippen LogP contribution is 2.25. The second-order valence-electron chi connectivity index (χ2n) is 5.32. The molecule has 1 unspecified atom stereocenters. The Morgan fingerprint density at radius 1 is 1.57 bits per heavy atom. The molecular formula is C11H17ClN4O3S2. The van der Waals surface area contributed by atoms with E-state index in [1.165, 1.54) is 15.7 Å². The molecule has 0 radical (unpaired) electrons. The highest BCUT2D eigenvalue weighted by Gasteiger charge is 2.29. The number of hydrogen-bond acceptors (Lipinski definition) is 6. The van der Waals surface area contributed by atoms with Crippen LogP contribution in [0, 0.1) is 0 Å². The van der Waals surface area contributed by atoms with Crippen LogP contribution in [-0.4, -0.2) is 60.6 Å². The summed E-state index contributed by atoms with van der Waals surface area (Å²) < 4.78 is 28.6. The molecule has 10 heteroatoms. The monoisotopic (exact) mass is 352 g/mol. The molecule has 118 valence electrons. The topological polar surface area (TPSA) is 86.9 Å². The summed E-state index contributed by atoms with van der Waals surface area (Å²) in [6.07, 6.45) is 1.59. The van der Waals surface area contributed by atoms with Crippen molar-refractivity contribution >= 4 is 37.9 Å². The number of thiazole rings is 1. The lowest BCUT2D eigenvalue weighted by Gasteiger charge is -2.26. The summed E-state index contributed by atoms with van der Waals surface area (Å²) in [7, 11) is -0.272. The highest BCUT2D eigenvalue weighted by molar-refractivity contribution is 7.89. The molecule has 2 aromatic heterocycles. The van der Waals surface area contributed by atoms with Crippen molar-refractivity contribution in [1.82, 2.24) is 19.0 Å². The molecule has 2 heterocycles. The quantitative estimate of drug-likeness (QED) is 0.796. The van der Waals surface area contributed by atoms with Crippen LogP contribution in [0.2, 0.25) is 5.15 Å². The normalized spacial score (nSPS) is 15.7. The molecule has 21 heavy (non-hydrogen) atoms. The summed E-state index contributed by atoms with van der Waals surface area (Å²) in [6.45, 7) is 1.76. The van der Waals surface area contributed by atoms with E-state index < -0.39 is 15.6 Å². The van der Waals surface area contributed by atoms with Crippen LogP contribution in [0.15, 0.2) is 16.6 Å². The first-order valence-corrected chi connectivity index (χ1v) is 8.84. The van der Waals surface area contributed by atoms with Crippen molar-refractivity contribution in [2.24, 2.45) is 0 Å². The van der Waals surface area contributed by atoms with Crippen LogP contribution >= 0.6 is 22.9 Å². The van der Waals surface area contributed by atoms with Crippen LogP contribution in [0.1, 0.15) is 6.92 Å². The van der Waals surface area contributed by atoms with Gasteiger partial charge in [-0.05, 0) is 21.0 Å². The standard InChI is InChI=1S/C11H17ClN4O3S2/c1-11(17,7-15(2)3)6-13-21(18,19)9-8(12)14-10-16(9)4-5-20-10/h4-5,13,17H,6-7H2,1-3H3. The minimum Gasteiger partial charge on any atom is -0.387 e. The van der Waals surface area contributed by atoms with Gasteiger partial charge in [-0.3, -0.25) is 4.40 Å². The number of nitrogens with zero attached hydrogens (tertiary/aromatic N) is 3. The van der Waals surface area contributed by atoms with Crippen molar-refractivity contribution in [2.45, 2.75) is 17.6 Å². The molecule has 0 aliphatic heterocycles. The average molecular weight is 353 g/mol. The maximum atomic E-state index is 12.4. The van der Waals surface area contributed by atoms with Crippen LogP contribution < -0.4 is 4.72 Å². The number of nitrogens with one attached hydrogen (secondary N) is 1. The molecule has 1 atom stereocenters. The van der Waals surface area contributed by atoms with Crippen LogP contribution in [-0.2, 0) is 10.0 Å². The fourth-order valence-electron chi connectivity index (χ4n) is 2.04. The average Bonchev–Trinajstić information content (AvgIpc) is 2.84. The summed E-state index contributed by atoms with van der Waals surface area (Å²) in [4.78, 5) is 6.26. The van der Waals surface area contributed by atoms with Gasteiger partial charge in [0.25, 0.3) is 10.0 Å². The van der Waals surface area contributed by atoms with Crippen molar-refractivity contribution in [1.29, 1.82) is 0 Å². The number of likely N-dealkylation sites (N-methyl/N-ethyl adjacent to an activating group) is 1. The Morgan fingerprint density at radius 3 is 2.86 bits per heavy atom. The lowest BCUT2D eigenvalue weighted by Crippen LogP contribution is -2.47. The largest absolute Gasteiger partial charge is 0.387 e. The molecular weight excluding hydrogens is 336 g/mol. The summed E-state index contributed by atoms with van der Waals surface area (Å²) in [6, 6.07) is 0. The van der Waals surface area contributed by atoms with E-state index in [1.54, 1.807) is 37.5 Å². The van der Waals surface area contributed by atoms with Gasteiger partial charge in [-0.1, -0.05) is 11.6 Å². The minimum atomic E-state index is -3.87. The zero-order valence-electron chi connectivity index (χ0n) is 11.9. The molecule has 0 saturated carbocycles. The van der Waals surface area contributed by atoms with Crippen LogP contribution in [0.5, 0.6) is 0 Å². The predicted octanol–water partition coefficient (Wildman–Crippen LogP) is 0.640. The number of sulfonamides is 1. The van der Waals surface area contributed by atoms with Gasteiger partial charge in [-0.15, -0.1) is 11.3 Å². The number of aromatic nitrogens is 2. The van der Waals surface area contributed by atoms with E-state index in [-0.39, 0.29) is 16.7 Å². The Labute approximate surface area is 132 Å². The lowest BCUT2D eigenvalue weighted by molar-refractivity contribution is 0.0386. The second-order valence-corrected chi connectivity index (χ2v) is 8.24. The first-order chi connectivity index (χ1) is 9.62. The molecule has 0 fully saturated rings. The maximum absolute atomic E-state index is 12.4. The molecule has 2 rings (SSSR count). The number of hydrogen-bond donors (Lipinski definition) is 2. The molecule has 7 nitrogen and oxygen atoms in total. The van der Waals surface area contributed by atoms with E-state index in [1.807, 2.05) is 0 Å². The molecule has 0 amide bonds. The summed E-state index contributed by atoms with van der Waals surface area (Å²) in [5.74, 6) is 0. The van der Waals surface area contributed by atoms with Gasteiger partial charge in [0, 0.05) is 24.7 Å². The molecule has 0 bridgehead atoms. The van der Waals surface area contributed by atoms with Crippen LogP contribution in [0.3, 0.4) is 0 Å². The Bertz CT molecular complexity index is 736. The molecule has 0 aliphatic rings. The fraction of sp³-hybridized carbons (Fsp3) is 0.545. The summed E-state index contributed by atoms with van der Waals surface area (Å²) in [5, 5.41) is 11.7. The fourth-order valence-corrected chi connectivity index (χ4v) is 4.64. The van der Waals surface area contributed by atoms with Gasteiger partial charge in [0.1, 0.15) is 0 Å². The zero-order valence-corrected chi connectivity index (χ0v) is 14.3. The molecule has 2 N–H and O–H groups in total. The highest BCUT2D eigenvalue weighted by atomic mass is 35.5. The number of aliphatic hydroxyl groups is 1. The van der Waals surface area contributed by atoms with Crippen molar-refractivity contribution < 1.29 is 13.5 Å². The van der Waals surface area contributed by atoms with Gasteiger partial charge in [0.2, 0.25) is 0 Å². The number of imidazole rings is 1. The minimum absolute atomic E-state index is 0.0818. The van der Waals surface area contributed by atoms with Crippen LogP contribution in [0.4, 0.5) is 0 Å². The van der Waals surface area contributed by atoms with Crippen molar-refractivity contribution in [3.63, 3.8) is 0 Å². The summed E-state index contributed by atoms with van der Waals surface area (Å²) >= 11 is 7.20. The third kappa shape index (κ3) is 3.74. The maximum Gasteiger partial charge on any atom is 0.259 e. The smallest absolute Gasteiger partial charge is 0.259 e. The SMILES string of the molecule is CN(C)CC(C)(O)CNS(=O)(=O)c1c(Cl)nc2sccn12. The van der Waals surface area contributed by atoms with Crippen LogP contribution in [0.25, 0.3) is 4.96 Å². The van der Waals surface area contributed by atoms with E-state index >= 15 is 0 Å². The van der Waals surface area contributed by atoms with E-state index in [0.29, 0.717) is 11.5 Å². The summed E-state index contributed by atoms with van der Waals surface area (Å²) in [5.41, 5.74) is -1.19. The van der Waals surface area contributed by atoms with Gasteiger partial charge < -0.3 is 10.0 Å². The number of rotatable bonds is 6. The molecule has 0 aliphatic carbocycles. The molecule has 2 aromatic rings. The van der Waals surface area contributed by atoms with E-state index in [9.17, 15) is 13.5 Å². The van der Waals surface area contributed by atoms with Gasteiger partial charge in [-0.25, -0.2) is 18.1 Å². The van der Waals surface area contributed by atoms with Gasteiger partial charge >= 0.3 is 0 Å². The van der Waals surface area contributed by atoms with Gasteiger partial charge in [-0.2, -0.15) is 0 Å².